The summed E-state index contributed by atoms with van der Waals surface area (Å²) in [6.45, 7) is 3.34. The Hall–Kier alpha value is -1.25. The molecule has 0 atom stereocenters. The summed E-state index contributed by atoms with van der Waals surface area (Å²) in [5, 5.41) is 0. The number of nitrogens with zero attached hydrogens (tertiary/aromatic N) is 2. The van der Waals surface area contributed by atoms with Gasteiger partial charge in [-0.05, 0) is 68.8 Å². The Bertz CT molecular complexity index is 471. The average Bonchev–Trinajstić information content (AvgIpc) is 2.42. The Morgan fingerprint density at radius 2 is 1.75 bits per heavy atom. The van der Waals surface area contributed by atoms with Crippen LogP contribution in [-0.2, 0) is 0 Å². The van der Waals surface area contributed by atoms with Crippen LogP contribution in [0.2, 0.25) is 0 Å². The normalized spacial score (nSPS) is 38.1. The van der Waals surface area contributed by atoms with Gasteiger partial charge in [-0.25, -0.2) is 0 Å². The first-order valence-electron chi connectivity index (χ1n) is 8.21. The van der Waals surface area contributed by atoms with Crippen molar-refractivity contribution in [1.29, 1.82) is 0 Å². The lowest BCUT2D eigenvalue weighted by molar-refractivity contribution is -0.00255. The second kappa shape index (κ2) is 4.64. The molecule has 5 rings (SSSR count). The van der Waals surface area contributed by atoms with Gasteiger partial charge in [0.15, 0.2) is 0 Å². The van der Waals surface area contributed by atoms with Crippen molar-refractivity contribution < 1.29 is 0 Å². The smallest absolute Gasteiger partial charge is 0.0576 e. The Morgan fingerprint density at radius 1 is 1.10 bits per heavy atom. The number of rotatable bonds is 3. The maximum Gasteiger partial charge on any atom is 0.0576 e. The first kappa shape index (κ1) is 12.5. The third kappa shape index (κ3) is 1.90. The topological polar surface area (TPSA) is 42.2 Å². The molecule has 0 aromatic carbocycles. The average molecular weight is 271 g/mol. The molecule has 0 spiro atoms. The number of pyridine rings is 1. The van der Waals surface area contributed by atoms with Gasteiger partial charge < -0.3 is 10.6 Å². The fourth-order valence-electron chi connectivity index (χ4n) is 5.57. The molecular formula is C17H25N3. The summed E-state index contributed by atoms with van der Waals surface area (Å²) >= 11 is 0. The summed E-state index contributed by atoms with van der Waals surface area (Å²) in [6, 6.07) is 2.83. The molecule has 4 bridgehead atoms. The SMILES string of the molecule is CCN(c1cncc(N)c1)C1C2CC3CC(C2)CC1C3. The van der Waals surface area contributed by atoms with Crippen molar-refractivity contribution in [3.05, 3.63) is 18.5 Å². The van der Waals surface area contributed by atoms with Crippen molar-refractivity contribution in [3.63, 3.8) is 0 Å². The minimum Gasteiger partial charge on any atom is -0.397 e. The van der Waals surface area contributed by atoms with Gasteiger partial charge in [0.25, 0.3) is 0 Å². The first-order valence-corrected chi connectivity index (χ1v) is 8.21. The van der Waals surface area contributed by atoms with E-state index >= 15 is 0 Å². The predicted molar refractivity (Wildman–Crippen MR) is 82.5 cm³/mol. The minimum atomic E-state index is 0.733. The van der Waals surface area contributed by atoms with Crippen LogP contribution in [-0.4, -0.2) is 17.6 Å². The van der Waals surface area contributed by atoms with Crippen LogP contribution >= 0.6 is 0 Å². The highest BCUT2D eigenvalue weighted by Crippen LogP contribution is 2.55. The molecule has 0 unspecified atom stereocenters. The highest BCUT2D eigenvalue weighted by Gasteiger charge is 2.49. The molecule has 1 heterocycles. The van der Waals surface area contributed by atoms with Crippen molar-refractivity contribution in [2.24, 2.45) is 23.7 Å². The lowest BCUT2D eigenvalue weighted by Crippen LogP contribution is -2.56. The number of hydrogen-bond donors (Lipinski definition) is 1. The zero-order valence-electron chi connectivity index (χ0n) is 12.3. The molecule has 4 aliphatic rings. The molecule has 0 aliphatic heterocycles. The molecule has 108 valence electrons. The van der Waals surface area contributed by atoms with E-state index in [4.69, 9.17) is 5.73 Å². The van der Waals surface area contributed by atoms with Crippen molar-refractivity contribution >= 4 is 11.4 Å². The maximum absolute atomic E-state index is 5.94. The Balaban J connectivity index is 1.65. The molecule has 0 saturated heterocycles. The standard InChI is InChI=1S/C17H25N3/c1-2-20(16-8-15(18)9-19-10-16)17-13-4-11-3-12(6-13)7-14(17)5-11/h8-14,17H,2-7,18H2,1H3. The highest BCUT2D eigenvalue weighted by molar-refractivity contribution is 5.54. The van der Waals surface area contributed by atoms with Gasteiger partial charge >= 0.3 is 0 Å². The molecule has 0 amide bonds. The molecule has 1 aromatic rings. The number of anilines is 2. The summed E-state index contributed by atoms with van der Waals surface area (Å²) in [6.07, 6.45) is 11.1. The molecule has 3 heteroatoms. The number of hydrogen-bond acceptors (Lipinski definition) is 3. The molecule has 4 fully saturated rings. The third-order valence-corrected chi connectivity index (χ3v) is 5.95. The molecule has 0 radical (unpaired) electrons. The van der Waals surface area contributed by atoms with Gasteiger partial charge in [0.05, 0.1) is 17.6 Å². The Morgan fingerprint density at radius 3 is 2.30 bits per heavy atom. The van der Waals surface area contributed by atoms with Crippen molar-refractivity contribution in [3.8, 4) is 0 Å². The van der Waals surface area contributed by atoms with Crippen molar-refractivity contribution in [1.82, 2.24) is 4.98 Å². The van der Waals surface area contributed by atoms with Gasteiger partial charge in [0.1, 0.15) is 0 Å². The summed E-state index contributed by atoms with van der Waals surface area (Å²) in [7, 11) is 0. The number of aromatic nitrogens is 1. The van der Waals surface area contributed by atoms with E-state index in [1.54, 1.807) is 6.20 Å². The number of nitrogens with two attached hydrogens (primary N) is 1. The monoisotopic (exact) mass is 271 g/mol. The van der Waals surface area contributed by atoms with Crippen molar-refractivity contribution in [2.45, 2.75) is 45.1 Å². The summed E-state index contributed by atoms with van der Waals surface area (Å²) in [5.41, 5.74) is 7.95. The Kier molecular flexibility index (Phi) is 2.90. The zero-order valence-corrected chi connectivity index (χ0v) is 12.3. The van der Waals surface area contributed by atoms with Crippen LogP contribution in [0, 0.1) is 23.7 Å². The molecule has 3 nitrogen and oxygen atoms in total. The quantitative estimate of drug-likeness (QED) is 0.917. The molecule has 2 N–H and O–H groups in total. The van der Waals surface area contributed by atoms with Crippen LogP contribution < -0.4 is 10.6 Å². The van der Waals surface area contributed by atoms with E-state index in [1.165, 1.54) is 37.8 Å². The van der Waals surface area contributed by atoms with E-state index in [2.05, 4.69) is 22.9 Å². The second-order valence-electron chi connectivity index (χ2n) is 7.18. The maximum atomic E-state index is 5.94. The van der Waals surface area contributed by atoms with Crippen LogP contribution in [0.25, 0.3) is 0 Å². The van der Waals surface area contributed by atoms with E-state index in [0.717, 1.165) is 41.9 Å². The van der Waals surface area contributed by atoms with Crippen molar-refractivity contribution in [2.75, 3.05) is 17.2 Å². The number of nitrogen functional groups attached to an aromatic ring is 1. The van der Waals surface area contributed by atoms with Gasteiger partial charge in [-0.2, -0.15) is 0 Å². The predicted octanol–water partition coefficient (Wildman–Crippen LogP) is 3.31. The van der Waals surface area contributed by atoms with E-state index in [9.17, 15) is 0 Å². The van der Waals surface area contributed by atoms with Gasteiger partial charge in [0.2, 0.25) is 0 Å². The van der Waals surface area contributed by atoms with E-state index in [-0.39, 0.29) is 0 Å². The lowest BCUT2D eigenvalue weighted by atomic mass is 9.54. The molecule has 1 aromatic heterocycles. The Labute approximate surface area is 121 Å². The van der Waals surface area contributed by atoms with Crippen LogP contribution in [0.1, 0.15) is 39.0 Å². The van der Waals surface area contributed by atoms with E-state index in [0.29, 0.717) is 0 Å². The van der Waals surface area contributed by atoms with Crippen LogP contribution in [0.3, 0.4) is 0 Å². The lowest BCUT2D eigenvalue weighted by Gasteiger charge is -2.57. The van der Waals surface area contributed by atoms with Gasteiger partial charge in [-0.15, -0.1) is 0 Å². The van der Waals surface area contributed by atoms with Gasteiger partial charge in [0, 0.05) is 18.8 Å². The molecule has 4 aliphatic carbocycles. The van der Waals surface area contributed by atoms with Crippen LogP contribution in [0.4, 0.5) is 11.4 Å². The van der Waals surface area contributed by atoms with Gasteiger partial charge in [-0.3, -0.25) is 4.98 Å². The highest BCUT2D eigenvalue weighted by atomic mass is 15.2. The van der Waals surface area contributed by atoms with Crippen LogP contribution in [0.5, 0.6) is 0 Å². The summed E-state index contributed by atoms with van der Waals surface area (Å²) in [5.74, 6) is 3.89. The zero-order chi connectivity index (χ0) is 13.7. The molecule has 4 saturated carbocycles. The first-order chi connectivity index (χ1) is 9.74. The van der Waals surface area contributed by atoms with E-state index in [1.807, 2.05) is 6.20 Å². The largest absolute Gasteiger partial charge is 0.397 e. The fourth-order valence-corrected chi connectivity index (χ4v) is 5.57. The minimum absolute atomic E-state index is 0.733. The third-order valence-electron chi connectivity index (χ3n) is 5.95. The summed E-state index contributed by atoms with van der Waals surface area (Å²) in [4.78, 5) is 6.89. The molecule has 20 heavy (non-hydrogen) atoms. The second-order valence-corrected chi connectivity index (χ2v) is 7.18. The fraction of sp³-hybridized carbons (Fsp3) is 0.706. The summed E-state index contributed by atoms with van der Waals surface area (Å²) < 4.78 is 0. The van der Waals surface area contributed by atoms with E-state index < -0.39 is 0 Å². The van der Waals surface area contributed by atoms with Gasteiger partial charge in [-0.1, -0.05) is 0 Å². The van der Waals surface area contributed by atoms with Crippen LogP contribution in [0.15, 0.2) is 18.5 Å². The molecular weight excluding hydrogens is 246 g/mol.